The van der Waals surface area contributed by atoms with Gasteiger partial charge in [-0.1, -0.05) is 77.1 Å². The van der Waals surface area contributed by atoms with E-state index in [-0.39, 0.29) is 46.8 Å². The molecule has 1 saturated carbocycles. The fourth-order valence-corrected chi connectivity index (χ4v) is 9.09. The van der Waals surface area contributed by atoms with Crippen molar-refractivity contribution in [3.05, 3.63) is 82.8 Å². The van der Waals surface area contributed by atoms with E-state index in [1.54, 1.807) is 23.2 Å². The van der Waals surface area contributed by atoms with E-state index in [4.69, 9.17) is 19.4 Å². The fraction of sp³-hybridized carbons (Fsp3) is 0.500. The number of rotatable bonds is 7. The summed E-state index contributed by atoms with van der Waals surface area (Å²) in [6.07, 6.45) is 9.36. The third-order valence-electron chi connectivity index (χ3n) is 10.8. The summed E-state index contributed by atoms with van der Waals surface area (Å²) in [7, 11) is -4.22. The number of hydrogen-bond acceptors (Lipinski definition) is 10. The summed E-state index contributed by atoms with van der Waals surface area (Å²) in [5, 5.41) is 0. The van der Waals surface area contributed by atoms with Gasteiger partial charge in [0, 0.05) is 36.0 Å². The van der Waals surface area contributed by atoms with Crippen molar-refractivity contribution in [3.63, 3.8) is 0 Å². The molecule has 0 unspecified atom stereocenters. The Morgan fingerprint density at radius 3 is 2.47 bits per heavy atom. The predicted molar refractivity (Wildman–Crippen MR) is 213 cm³/mol. The van der Waals surface area contributed by atoms with Gasteiger partial charge in [-0.25, -0.2) is 28.1 Å². The lowest BCUT2D eigenvalue weighted by Crippen LogP contribution is -2.45. The SMILES string of the molecule is Cc1cccc(CC2CCCCC2)c1-c1nc2nc(c1C)OC[C@@H](CC(C)(C)C)N(Cc1nccc(N3CCOCC3)n1)C(=O)c1cccc(c1)S(=O)(=O)N2. The molecule has 2 aliphatic heterocycles. The van der Waals surface area contributed by atoms with Gasteiger partial charge in [0.25, 0.3) is 15.9 Å². The largest absolute Gasteiger partial charge is 0.475 e. The molecule has 1 aliphatic carbocycles. The van der Waals surface area contributed by atoms with E-state index in [1.807, 2.05) is 13.0 Å². The monoisotopic (exact) mass is 767 g/mol. The number of nitrogens with one attached hydrogen (secondary N) is 1. The Labute approximate surface area is 325 Å². The van der Waals surface area contributed by atoms with Crippen molar-refractivity contribution in [1.82, 2.24) is 24.8 Å². The highest BCUT2D eigenvalue weighted by Crippen LogP contribution is 2.37. The molecule has 2 aromatic carbocycles. The molecule has 4 heterocycles. The zero-order valence-electron chi connectivity index (χ0n) is 32.7. The van der Waals surface area contributed by atoms with Crippen LogP contribution in [0, 0.1) is 25.2 Å². The highest BCUT2D eigenvalue weighted by Gasteiger charge is 2.33. The van der Waals surface area contributed by atoms with Crippen molar-refractivity contribution in [3.8, 4) is 17.1 Å². The molecule has 292 valence electrons. The summed E-state index contributed by atoms with van der Waals surface area (Å²) in [6, 6.07) is 13.8. The van der Waals surface area contributed by atoms with Crippen LogP contribution in [0.4, 0.5) is 11.8 Å². The third-order valence-corrected chi connectivity index (χ3v) is 12.2. The average Bonchev–Trinajstić information content (AvgIpc) is 3.17. The molecule has 0 radical (unpaired) electrons. The number of carbonyl (C=O) groups excluding carboxylic acids is 1. The number of anilines is 2. The fourth-order valence-electron chi connectivity index (χ4n) is 8.10. The molecule has 3 aliphatic rings. The molecule has 13 heteroatoms. The van der Waals surface area contributed by atoms with Crippen LogP contribution < -0.4 is 14.4 Å². The quantitative estimate of drug-likeness (QED) is 0.206. The molecule has 7 rings (SSSR count). The topological polar surface area (TPSA) is 140 Å². The van der Waals surface area contributed by atoms with E-state index in [2.05, 4.69) is 65.5 Å². The average molecular weight is 768 g/mol. The maximum Gasteiger partial charge on any atom is 0.264 e. The third kappa shape index (κ3) is 9.10. The second kappa shape index (κ2) is 16.2. The molecule has 4 bridgehead atoms. The van der Waals surface area contributed by atoms with E-state index in [0.717, 1.165) is 23.4 Å². The Morgan fingerprint density at radius 1 is 0.945 bits per heavy atom. The molecule has 4 aromatic rings. The van der Waals surface area contributed by atoms with Crippen molar-refractivity contribution in [2.24, 2.45) is 11.3 Å². The van der Waals surface area contributed by atoms with E-state index >= 15 is 0 Å². The first-order chi connectivity index (χ1) is 26.3. The highest BCUT2D eigenvalue weighted by molar-refractivity contribution is 7.92. The van der Waals surface area contributed by atoms with E-state index in [1.165, 1.54) is 49.8 Å². The maximum atomic E-state index is 14.7. The van der Waals surface area contributed by atoms with Gasteiger partial charge in [0.15, 0.2) is 0 Å². The summed E-state index contributed by atoms with van der Waals surface area (Å²) in [5.74, 6) is 1.65. The molecule has 55 heavy (non-hydrogen) atoms. The van der Waals surface area contributed by atoms with Crippen LogP contribution >= 0.6 is 0 Å². The summed E-state index contributed by atoms with van der Waals surface area (Å²) < 4.78 is 42.9. The lowest BCUT2D eigenvalue weighted by atomic mass is 9.82. The molecule has 2 fully saturated rings. The summed E-state index contributed by atoms with van der Waals surface area (Å²) in [5.41, 5.74) is 4.54. The Balaban J connectivity index is 1.33. The van der Waals surface area contributed by atoms with Gasteiger partial charge in [0.1, 0.15) is 18.2 Å². The van der Waals surface area contributed by atoms with Crippen molar-refractivity contribution >= 4 is 27.7 Å². The zero-order valence-corrected chi connectivity index (χ0v) is 33.5. The Morgan fingerprint density at radius 2 is 1.71 bits per heavy atom. The first-order valence-corrected chi connectivity index (χ1v) is 21.0. The van der Waals surface area contributed by atoms with Crippen LogP contribution in [0.1, 0.15) is 92.2 Å². The van der Waals surface area contributed by atoms with Gasteiger partial charge in [-0.15, -0.1) is 0 Å². The van der Waals surface area contributed by atoms with Gasteiger partial charge >= 0.3 is 0 Å². The molecule has 12 nitrogen and oxygen atoms in total. The molecule has 1 atom stereocenters. The van der Waals surface area contributed by atoms with Crippen molar-refractivity contribution < 1.29 is 22.7 Å². The second-order valence-electron chi connectivity index (χ2n) is 16.4. The molecule has 0 spiro atoms. The van der Waals surface area contributed by atoms with Gasteiger partial charge in [-0.3, -0.25) is 4.79 Å². The van der Waals surface area contributed by atoms with E-state index < -0.39 is 16.1 Å². The summed E-state index contributed by atoms with van der Waals surface area (Å²) in [6.45, 7) is 13.2. The van der Waals surface area contributed by atoms with Gasteiger partial charge in [-0.05, 0) is 73.4 Å². The number of nitrogens with zero attached hydrogens (tertiary/aromatic N) is 6. The number of ether oxygens (including phenoxy) is 2. The van der Waals surface area contributed by atoms with Crippen molar-refractivity contribution in [2.45, 2.75) is 97.0 Å². The Hall–Kier alpha value is -4.62. The number of hydrogen-bond donors (Lipinski definition) is 1. The van der Waals surface area contributed by atoms with Crippen LogP contribution in [-0.2, 0) is 27.7 Å². The molecule has 1 saturated heterocycles. The molecular weight excluding hydrogens is 715 g/mol. The van der Waals surface area contributed by atoms with Gasteiger partial charge in [0.05, 0.1) is 36.4 Å². The smallest absolute Gasteiger partial charge is 0.264 e. The van der Waals surface area contributed by atoms with Crippen LogP contribution in [0.25, 0.3) is 11.3 Å². The van der Waals surface area contributed by atoms with Crippen LogP contribution in [0.2, 0.25) is 0 Å². The van der Waals surface area contributed by atoms with E-state index in [9.17, 15) is 13.2 Å². The highest BCUT2D eigenvalue weighted by atomic mass is 32.2. The van der Waals surface area contributed by atoms with Crippen molar-refractivity contribution in [1.29, 1.82) is 0 Å². The lowest BCUT2D eigenvalue weighted by molar-refractivity contribution is 0.0504. The number of amides is 1. The predicted octanol–water partition coefficient (Wildman–Crippen LogP) is 7.15. The van der Waals surface area contributed by atoms with Crippen LogP contribution in [0.15, 0.2) is 59.6 Å². The normalized spacial score (nSPS) is 19.4. The molecule has 1 amide bonds. The minimum atomic E-state index is -4.22. The van der Waals surface area contributed by atoms with Gasteiger partial charge < -0.3 is 19.3 Å². The van der Waals surface area contributed by atoms with Crippen LogP contribution in [0.5, 0.6) is 5.88 Å². The maximum absolute atomic E-state index is 14.7. The molecule has 1 N–H and O–H groups in total. The first-order valence-electron chi connectivity index (χ1n) is 19.5. The lowest BCUT2D eigenvalue weighted by Gasteiger charge is -2.35. The number of benzene rings is 2. The number of fused-ring (bicyclic) bond motifs is 4. The number of aryl methyl sites for hydroxylation is 1. The standard InChI is InChI=1S/C42H53N7O5S/c1-28-11-9-14-31(23-30-12-7-6-8-13-30)37(28)38-29(2)39-46-41(45-38)47-55(51,52)34-16-10-15-32(24-34)40(50)49(33(27-54-39)25-42(3,4)5)26-35-43-18-17-36(44-35)48-19-21-53-22-20-48/h9-11,14-18,24,30,33H,6-8,12-13,19-23,25-27H2,1-5H3,(H,45,46,47)/t33-/m1/s1. The molecule has 2 aromatic heterocycles. The number of sulfonamides is 1. The van der Waals surface area contributed by atoms with Gasteiger partial charge in [-0.2, -0.15) is 4.98 Å². The van der Waals surface area contributed by atoms with Crippen LogP contribution in [0.3, 0.4) is 0 Å². The molecular formula is C42H53N7O5S. The van der Waals surface area contributed by atoms with Crippen molar-refractivity contribution in [2.75, 3.05) is 42.5 Å². The van der Waals surface area contributed by atoms with E-state index in [0.29, 0.717) is 55.7 Å². The minimum Gasteiger partial charge on any atom is -0.475 e. The van der Waals surface area contributed by atoms with Gasteiger partial charge in [0.2, 0.25) is 11.8 Å². The number of morpholine rings is 1. The minimum absolute atomic E-state index is 0.0717. The summed E-state index contributed by atoms with van der Waals surface area (Å²) in [4.78, 5) is 37.6. The summed E-state index contributed by atoms with van der Waals surface area (Å²) >= 11 is 0. The number of aromatic nitrogens is 4. The Bertz CT molecular complexity index is 2120. The zero-order chi connectivity index (χ0) is 38.7. The second-order valence-corrected chi connectivity index (χ2v) is 18.1. The number of carbonyl (C=O) groups is 1. The van der Waals surface area contributed by atoms with Crippen LogP contribution in [-0.4, -0.2) is 78.1 Å². The Kier molecular flexibility index (Phi) is 11.4. The first kappa shape index (κ1) is 38.6.